The molecule has 0 spiro atoms. The van der Waals surface area contributed by atoms with Crippen molar-refractivity contribution in [2.75, 3.05) is 6.54 Å². The Morgan fingerprint density at radius 3 is 2.60 bits per heavy atom. The number of halogens is 1. The summed E-state index contributed by atoms with van der Waals surface area (Å²) < 4.78 is 44.7. The molecule has 0 fully saturated rings. The van der Waals surface area contributed by atoms with Gasteiger partial charge in [0.15, 0.2) is 5.76 Å². The standard InChI is InChI=1S/C16H20FN3O4S/c1-10-8-13(4-5-14(10)17)9-18-15(21)6-7-19-25(22,23)16-11(2)20-24-12(16)3/h4-5,8,19H,6-7,9H2,1-3H3,(H,18,21). The SMILES string of the molecule is Cc1cc(CNC(=O)CCNS(=O)(=O)c2c(C)noc2C)ccc1F. The number of aromatic nitrogens is 1. The molecule has 0 radical (unpaired) electrons. The zero-order valence-electron chi connectivity index (χ0n) is 14.2. The molecular formula is C16H20FN3O4S. The van der Waals surface area contributed by atoms with Gasteiger partial charge >= 0.3 is 0 Å². The number of carbonyl (C=O) groups excluding carboxylic acids is 1. The van der Waals surface area contributed by atoms with Crippen molar-refractivity contribution in [1.82, 2.24) is 15.2 Å². The lowest BCUT2D eigenvalue weighted by Crippen LogP contribution is -2.31. The van der Waals surface area contributed by atoms with Gasteiger partial charge in [-0.25, -0.2) is 17.5 Å². The van der Waals surface area contributed by atoms with Crippen molar-refractivity contribution in [3.63, 3.8) is 0 Å². The van der Waals surface area contributed by atoms with Crippen LogP contribution in [-0.2, 0) is 21.4 Å². The van der Waals surface area contributed by atoms with Crippen molar-refractivity contribution in [3.8, 4) is 0 Å². The molecule has 0 atom stereocenters. The second-order valence-corrected chi connectivity index (χ2v) is 7.37. The van der Waals surface area contributed by atoms with Crippen LogP contribution in [0.25, 0.3) is 0 Å². The summed E-state index contributed by atoms with van der Waals surface area (Å²) in [6, 6.07) is 4.58. The Morgan fingerprint density at radius 1 is 1.28 bits per heavy atom. The number of benzene rings is 1. The van der Waals surface area contributed by atoms with E-state index in [1.807, 2.05) is 0 Å². The van der Waals surface area contributed by atoms with E-state index in [0.29, 0.717) is 5.56 Å². The third-order valence-corrected chi connectivity index (χ3v) is 5.30. The van der Waals surface area contributed by atoms with Crippen molar-refractivity contribution in [2.24, 2.45) is 0 Å². The fourth-order valence-corrected chi connectivity index (χ4v) is 3.69. The highest BCUT2D eigenvalue weighted by atomic mass is 32.2. The Hall–Kier alpha value is -2.26. The maximum Gasteiger partial charge on any atom is 0.245 e. The van der Waals surface area contributed by atoms with Crippen molar-refractivity contribution < 1.29 is 22.1 Å². The van der Waals surface area contributed by atoms with Gasteiger partial charge in [0.25, 0.3) is 0 Å². The van der Waals surface area contributed by atoms with Gasteiger partial charge < -0.3 is 9.84 Å². The van der Waals surface area contributed by atoms with Crippen LogP contribution in [0.2, 0.25) is 0 Å². The van der Waals surface area contributed by atoms with Crippen LogP contribution < -0.4 is 10.0 Å². The predicted octanol–water partition coefficient (Wildman–Crippen LogP) is 1.72. The van der Waals surface area contributed by atoms with Crippen LogP contribution >= 0.6 is 0 Å². The Morgan fingerprint density at radius 2 is 2.00 bits per heavy atom. The molecule has 0 aliphatic rings. The van der Waals surface area contributed by atoms with E-state index in [1.165, 1.54) is 19.9 Å². The van der Waals surface area contributed by atoms with Gasteiger partial charge in [0, 0.05) is 19.5 Å². The van der Waals surface area contributed by atoms with Crippen LogP contribution in [-0.4, -0.2) is 26.0 Å². The van der Waals surface area contributed by atoms with Crippen LogP contribution in [0.4, 0.5) is 4.39 Å². The van der Waals surface area contributed by atoms with Crippen molar-refractivity contribution in [1.29, 1.82) is 0 Å². The molecule has 1 aromatic carbocycles. The van der Waals surface area contributed by atoms with Gasteiger partial charge in [-0.15, -0.1) is 0 Å². The van der Waals surface area contributed by atoms with E-state index < -0.39 is 10.0 Å². The molecule has 1 amide bonds. The second-order valence-electron chi connectivity index (χ2n) is 5.66. The van der Waals surface area contributed by atoms with Gasteiger partial charge in [-0.3, -0.25) is 4.79 Å². The molecule has 0 bridgehead atoms. The average molecular weight is 369 g/mol. The monoisotopic (exact) mass is 369 g/mol. The van der Waals surface area contributed by atoms with Crippen LogP contribution in [0, 0.1) is 26.6 Å². The van der Waals surface area contributed by atoms with Crippen LogP contribution in [0.1, 0.15) is 29.0 Å². The molecule has 1 aromatic heterocycles. The summed E-state index contributed by atoms with van der Waals surface area (Å²) in [6.07, 6.45) is -0.0250. The Labute approximate surface area is 145 Å². The third-order valence-electron chi connectivity index (χ3n) is 3.59. The molecule has 1 heterocycles. The van der Waals surface area contributed by atoms with Crippen LogP contribution in [0.5, 0.6) is 0 Å². The fraction of sp³-hybridized carbons (Fsp3) is 0.375. The van der Waals surface area contributed by atoms with Crippen molar-refractivity contribution >= 4 is 15.9 Å². The van der Waals surface area contributed by atoms with Gasteiger partial charge in [-0.05, 0) is 38.0 Å². The van der Waals surface area contributed by atoms with Gasteiger partial charge in [0.05, 0.1) is 0 Å². The minimum Gasteiger partial charge on any atom is -0.360 e. The number of hydrogen-bond acceptors (Lipinski definition) is 5. The second kappa shape index (κ2) is 7.75. The summed E-state index contributed by atoms with van der Waals surface area (Å²) in [7, 11) is -3.78. The molecular weight excluding hydrogens is 349 g/mol. The van der Waals surface area contributed by atoms with Gasteiger partial charge in [-0.2, -0.15) is 0 Å². The van der Waals surface area contributed by atoms with Crippen LogP contribution in [0.3, 0.4) is 0 Å². The highest BCUT2D eigenvalue weighted by molar-refractivity contribution is 7.89. The van der Waals surface area contributed by atoms with Crippen molar-refractivity contribution in [2.45, 2.75) is 38.6 Å². The minimum atomic E-state index is -3.78. The summed E-state index contributed by atoms with van der Waals surface area (Å²) in [5.74, 6) is -0.423. The number of sulfonamides is 1. The fourth-order valence-electron chi connectivity index (χ4n) is 2.34. The summed E-state index contributed by atoms with van der Waals surface area (Å²) >= 11 is 0. The first-order chi connectivity index (χ1) is 11.7. The Balaban J connectivity index is 1.83. The number of hydrogen-bond donors (Lipinski definition) is 2. The van der Waals surface area contributed by atoms with E-state index in [1.54, 1.807) is 19.1 Å². The van der Waals surface area contributed by atoms with E-state index in [2.05, 4.69) is 15.2 Å². The maximum absolute atomic E-state index is 13.2. The molecule has 7 nitrogen and oxygen atoms in total. The van der Waals surface area contributed by atoms with E-state index in [-0.39, 0.29) is 47.6 Å². The zero-order valence-corrected chi connectivity index (χ0v) is 15.0. The van der Waals surface area contributed by atoms with Gasteiger partial charge in [0.2, 0.25) is 15.9 Å². The van der Waals surface area contributed by atoms with E-state index in [0.717, 1.165) is 5.56 Å². The molecule has 0 saturated heterocycles. The van der Waals surface area contributed by atoms with Gasteiger partial charge in [-0.1, -0.05) is 17.3 Å². The van der Waals surface area contributed by atoms with Crippen molar-refractivity contribution in [3.05, 3.63) is 46.6 Å². The normalized spacial score (nSPS) is 11.5. The smallest absolute Gasteiger partial charge is 0.245 e. The number of carbonyl (C=O) groups is 1. The van der Waals surface area contributed by atoms with E-state index in [4.69, 9.17) is 4.52 Å². The number of rotatable bonds is 7. The quantitative estimate of drug-likeness (QED) is 0.774. The van der Waals surface area contributed by atoms with Gasteiger partial charge in [0.1, 0.15) is 16.4 Å². The summed E-state index contributed by atoms with van der Waals surface area (Å²) in [6.45, 7) is 4.87. The lowest BCUT2D eigenvalue weighted by atomic mass is 10.1. The third kappa shape index (κ3) is 4.86. The highest BCUT2D eigenvalue weighted by Gasteiger charge is 2.23. The molecule has 25 heavy (non-hydrogen) atoms. The molecule has 2 N–H and O–H groups in total. The molecule has 9 heteroatoms. The van der Waals surface area contributed by atoms with E-state index >= 15 is 0 Å². The summed E-state index contributed by atoms with van der Waals surface area (Å²) in [5, 5.41) is 6.26. The number of aryl methyl sites for hydroxylation is 3. The zero-order chi connectivity index (χ0) is 18.6. The molecule has 2 rings (SSSR count). The first kappa shape index (κ1) is 19.1. The predicted molar refractivity (Wildman–Crippen MR) is 88.8 cm³/mol. The summed E-state index contributed by atoms with van der Waals surface area (Å²) in [5.41, 5.74) is 1.53. The number of nitrogens with one attached hydrogen (secondary N) is 2. The molecule has 0 unspecified atom stereocenters. The molecule has 0 aliphatic carbocycles. The highest BCUT2D eigenvalue weighted by Crippen LogP contribution is 2.18. The Bertz CT molecular complexity index is 858. The largest absolute Gasteiger partial charge is 0.360 e. The average Bonchev–Trinajstić information content (AvgIpc) is 2.88. The maximum atomic E-state index is 13.2. The van der Waals surface area contributed by atoms with Crippen LogP contribution in [0.15, 0.2) is 27.6 Å². The first-order valence-electron chi connectivity index (χ1n) is 7.65. The topological polar surface area (TPSA) is 101 Å². The number of nitrogens with zero attached hydrogens (tertiary/aromatic N) is 1. The summed E-state index contributed by atoms with van der Waals surface area (Å²) in [4.78, 5) is 11.8. The lowest BCUT2D eigenvalue weighted by Gasteiger charge is -2.08. The Kier molecular flexibility index (Phi) is 5.91. The van der Waals surface area contributed by atoms with E-state index in [9.17, 15) is 17.6 Å². The number of amides is 1. The minimum absolute atomic E-state index is 0.00491. The molecule has 0 saturated carbocycles. The molecule has 136 valence electrons. The molecule has 0 aliphatic heterocycles. The molecule has 2 aromatic rings. The lowest BCUT2D eigenvalue weighted by molar-refractivity contribution is -0.121. The first-order valence-corrected chi connectivity index (χ1v) is 9.13.